The van der Waals surface area contributed by atoms with Gasteiger partial charge in [-0.25, -0.2) is 0 Å². The van der Waals surface area contributed by atoms with Crippen LogP contribution in [0.5, 0.6) is 0 Å². The fourth-order valence-electron chi connectivity index (χ4n) is 1.43. The van der Waals surface area contributed by atoms with Crippen molar-refractivity contribution >= 4 is 39.4 Å². The molecule has 0 aliphatic carbocycles. The smallest absolute Gasteiger partial charge is 0.252 e. The average Bonchev–Trinajstić information content (AvgIpc) is 2.39. The molecule has 2 rings (SSSR count). The van der Waals surface area contributed by atoms with Crippen LogP contribution >= 0.6 is 23.2 Å². The van der Waals surface area contributed by atoms with E-state index in [1.807, 2.05) is 19.1 Å². The molecule has 0 spiro atoms. The first-order valence-corrected chi connectivity index (χ1v) is 6.47. The van der Waals surface area contributed by atoms with Crippen LogP contribution in [-0.2, 0) is 0 Å². The Labute approximate surface area is 127 Å². The molecule has 0 saturated carbocycles. The monoisotopic (exact) mass is 309 g/mol. The minimum absolute atomic E-state index is 0.399. The standard InChI is InChI=1S/C8H7ClO.C7H6ClNO/c1-6-3-2-4-7(5-6)8(9)10;8-7(10)5-2-1-3-6(9)4-5/h2-5H,1H3;1-4H,9H2. The van der Waals surface area contributed by atoms with Crippen LogP contribution in [0.15, 0.2) is 48.5 Å². The van der Waals surface area contributed by atoms with Crippen LogP contribution in [0.1, 0.15) is 26.3 Å². The summed E-state index contributed by atoms with van der Waals surface area (Å²) in [6.45, 7) is 1.92. The molecule has 0 atom stereocenters. The topological polar surface area (TPSA) is 60.2 Å². The molecule has 0 saturated heterocycles. The van der Waals surface area contributed by atoms with Crippen LogP contribution in [0.3, 0.4) is 0 Å². The minimum atomic E-state index is -0.479. The SMILES string of the molecule is Cc1cccc(C(=O)Cl)c1.Nc1cccc(C(=O)Cl)c1. The number of halogens is 2. The molecule has 2 aromatic carbocycles. The lowest BCUT2D eigenvalue weighted by Gasteiger charge is -1.93. The Hall–Kier alpha value is -1.84. The van der Waals surface area contributed by atoms with E-state index in [9.17, 15) is 9.59 Å². The van der Waals surface area contributed by atoms with E-state index in [-0.39, 0.29) is 0 Å². The zero-order valence-corrected chi connectivity index (χ0v) is 12.3. The van der Waals surface area contributed by atoms with Gasteiger partial charge in [-0.05, 0) is 54.4 Å². The van der Waals surface area contributed by atoms with Gasteiger partial charge in [0.15, 0.2) is 0 Å². The lowest BCUT2D eigenvalue weighted by molar-refractivity contribution is 0.107. The molecule has 3 nitrogen and oxygen atoms in total. The Kier molecular flexibility index (Phi) is 6.22. The summed E-state index contributed by atoms with van der Waals surface area (Å²) in [6, 6.07) is 13.7. The van der Waals surface area contributed by atoms with Crippen molar-refractivity contribution in [2.45, 2.75) is 6.92 Å². The third-order valence-corrected chi connectivity index (χ3v) is 2.80. The maximum atomic E-state index is 10.6. The quantitative estimate of drug-likeness (QED) is 0.673. The van der Waals surface area contributed by atoms with Crippen LogP contribution in [0.4, 0.5) is 5.69 Å². The van der Waals surface area contributed by atoms with E-state index in [1.165, 1.54) is 6.07 Å². The van der Waals surface area contributed by atoms with Gasteiger partial charge in [-0.3, -0.25) is 9.59 Å². The van der Waals surface area contributed by atoms with Crippen molar-refractivity contribution in [3.8, 4) is 0 Å². The highest BCUT2D eigenvalue weighted by atomic mass is 35.5. The van der Waals surface area contributed by atoms with Gasteiger partial charge in [0.2, 0.25) is 0 Å². The van der Waals surface area contributed by atoms with E-state index in [4.69, 9.17) is 28.9 Å². The fourth-order valence-corrected chi connectivity index (χ4v) is 1.66. The van der Waals surface area contributed by atoms with Gasteiger partial charge >= 0.3 is 0 Å². The van der Waals surface area contributed by atoms with Crippen LogP contribution < -0.4 is 5.73 Å². The first-order chi connectivity index (χ1) is 9.40. The number of aryl methyl sites for hydroxylation is 1. The predicted octanol–water partition coefficient (Wildman–Crippen LogP) is 4.02. The molecule has 0 amide bonds. The second-order valence-corrected chi connectivity index (χ2v) is 4.73. The number of nitrogen functional groups attached to an aromatic ring is 1. The van der Waals surface area contributed by atoms with E-state index in [0.717, 1.165) is 5.56 Å². The molecule has 2 aromatic rings. The van der Waals surface area contributed by atoms with E-state index < -0.39 is 10.5 Å². The van der Waals surface area contributed by atoms with Gasteiger partial charge in [0.25, 0.3) is 10.5 Å². The van der Waals surface area contributed by atoms with Gasteiger partial charge in [0, 0.05) is 16.8 Å². The number of carbonyl (C=O) groups excluding carboxylic acids is 2. The van der Waals surface area contributed by atoms with Crippen molar-refractivity contribution in [1.82, 2.24) is 0 Å². The van der Waals surface area contributed by atoms with E-state index in [1.54, 1.807) is 30.3 Å². The average molecular weight is 310 g/mol. The molecule has 0 fully saturated rings. The molecule has 0 heterocycles. The zero-order chi connectivity index (χ0) is 15.1. The summed E-state index contributed by atoms with van der Waals surface area (Å²) in [7, 11) is 0. The van der Waals surface area contributed by atoms with E-state index >= 15 is 0 Å². The van der Waals surface area contributed by atoms with Crippen LogP contribution in [-0.4, -0.2) is 10.5 Å². The Balaban J connectivity index is 0.000000200. The largest absolute Gasteiger partial charge is 0.399 e. The number of anilines is 1. The second kappa shape index (κ2) is 7.68. The molecule has 0 aromatic heterocycles. The maximum Gasteiger partial charge on any atom is 0.252 e. The molecular formula is C15H13Cl2NO2. The molecule has 2 N–H and O–H groups in total. The number of hydrogen-bond acceptors (Lipinski definition) is 3. The first-order valence-electron chi connectivity index (χ1n) is 5.72. The number of rotatable bonds is 2. The summed E-state index contributed by atoms with van der Waals surface area (Å²) in [6.07, 6.45) is 0. The third-order valence-electron chi connectivity index (χ3n) is 2.36. The minimum Gasteiger partial charge on any atom is -0.399 e. The lowest BCUT2D eigenvalue weighted by Crippen LogP contribution is -1.90. The highest BCUT2D eigenvalue weighted by Gasteiger charge is 1.99. The summed E-state index contributed by atoms with van der Waals surface area (Å²) >= 11 is 10.4. The Bertz CT molecular complexity index is 571. The Morgan fingerprint density at radius 2 is 1.40 bits per heavy atom. The third kappa shape index (κ3) is 5.43. The Morgan fingerprint density at radius 3 is 1.75 bits per heavy atom. The molecule has 0 unspecified atom stereocenters. The molecule has 0 bridgehead atoms. The molecule has 20 heavy (non-hydrogen) atoms. The normalized spacial score (nSPS) is 9.35. The van der Waals surface area contributed by atoms with Crippen molar-refractivity contribution in [1.29, 1.82) is 0 Å². The van der Waals surface area contributed by atoms with Gasteiger partial charge < -0.3 is 5.73 Å². The summed E-state index contributed by atoms with van der Waals surface area (Å²) in [5.41, 5.74) is 7.97. The van der Waals surface area contributed by atoms with Crippen LogP contribution in [0.25, 0.3) is 0 Å². The number of benzene rings is 2. The maximum absolute atomic E-state index is 10.6. The van der Waals surface area contributed by atoms with E-state index in [2.05, 4.69) is 0 Å². The Morgan fingerprint density at radius 1 is 0.900 bits per heavy atom. The lowest BCUT2D eigenvalue weighted by atomic mass is 10.2. The molecule has 104 valence electrons. The van der Waals surface area contributed by atoms with Crippen molar-refractivity contribution < 1.29 is 9.59 Å². The van der Waals surface area contributed by atoms with Crippen molar-refractivity contribution in [2.24, 2.45) is 0 Å². The van der Waals surface area contributed by atoms with Crippen LogP contribution in [0.2, 0.25) is 0 Å². The van der Waals surface area contributed by atoms with Crippen molar-refractivity contribution in [3.05, 3.63) is 65.2 Å². The van der Waals surface area contributed by atoms with Gasteiger partial charge in [-0.15, -0.1) is 0 Å². The fraction of sp³-hybridized carbons (Fsp3) is 0.0667. The molecule has 0 aliphatic heterocycles. The zero-order valence-electron chi connectivity index (χ0n) is 10.8. The summed E-state index contributed by atoms with van der Waals surface area (Å²) in [5, 5.41) is -0.879. The molecular weight excluding hydrogens is 297 g/mol. The van der Waals surface area contributed by atoms with Gasteiger partial charge in [0.1, 0.15) is 0 Å². The summed E-state index contributed by atoms with van der Waals surface area (Å²) in [4.78, 5) is 21.1. The van der Waals surface area contributed by atoms with Gasteiger partial charge in [-0.2, -0.15) is 0 Å². The van der Waals surface area contributed by atoms with Gasteiger partial charge in [-0.1, -0.05) is 29.8 Å². The molecule has 0 radical (unpaired) electrons. The number of nitrogens with two attached hydrogens (primary N) is 1. The predicted molar refractivity (Wildman–Crippen MR) is 82.4 cm³/mol. The highest BCUT2D eigenvalue weighted by Crippen LogP contribution is 2.08. The second-order valence-electron chi connectivity index (χ2n) is 4.04. The highest BCUT2D eigenvalue weighted by molar-refractivity contribution is 6.68. The van der Waals surface area contributed by atoms with E-state index in [0.29, 0.717) is 16.8 Å². The molecule has 5 heteroatoms. The summed E-state index contributed by atoms with van der Waals surface area (Å²) in [5.74, 6) is 0. The van der Waals surface area contributed by atoms with Crippen LogP contribution in [0, 0.1) is 6.92 Å². The molecule has 0 aliphatic rings. The number of carbonyl (C=O) groups is 2. The van der Waals surface area contributed by atoms with Crippen molar-refractivity contribution in [2.75, 3.05) is 5.73 Å². The van der Waals surface area contributed by atoms with Gasteiger partial charge in [0.05, 0.1) is 0 Å². The summed E-state index contributed by atoms with van der Waals surface area (Å²) < 4.78 is 0. The van der Waals surface area contributed by atoms with Crippen molar-refractivity contribution in [3.63, 3.8) is 0 Å². The number of hydrogen-bond donors (Lipinski definition) is 1. The first kappa shape index (κ1) is 16.2.